The number of nitrogens with zero attached hydrogens (tertiary/aromatic N) is 2. The van der Waals surface area contributed by atoms with Crippen LogP contribution in [0.3, 0.4) is 0 Å². The van der Waals surface area contributed by atoms with Gasteiger partial charge < -0.3 is 5.32 Å². The number of rotatable bonds is 5. The van der Waals surface area contributed by atoms with Gasteiger partial charge in [0.25, 0.3) is 5.56 Å². The van der Waals surface area contributed by atoms with E-state index in [0.717, 1.165) is 0 Å². The Labute approximate surface area is 173 Å². The van der Waals surface area contributed by atoms with E-state index in [1.165, 1.54) is 0 Å². The number of hydrogen-bond acceptors (Lipinski definition) is 3. The second-order valence-electron chi connectivity index (χ2n) is 6.29. The van der Waals surface area contributed by atoms with Crippen molar-refractivity contribution in [3.05, 3.63) is 50.4 Å². The smallest absolute Gasteiger partial charge is 0.325 e. The van der Waals surface area contributed by atoms with E-state index in [9.17, 15) is 44.3 Å². The number of nitrogens with one attached hydrogen (secondary N) is 1. The number of benzene rings is 1. The third-order valence-electron chi connectivity index (χ3n) is 4.02. The SMILES string of the molecule is CCCCn1c(Nc2ccc(C(F)(F)F)cc2C(F)(F)F)nc(C(F)(F)F)c(Cl)c1=O. The molecule has 0 bridgehead atoms. The number of halogens is 10. The molecule has 1 N–H and O–H groups in total. The summed E-state index contributed by atoms with van der Waals surface area (Å²) in [7, 11) is 0. The summed E-state index contributed by atoms with van der Waals surface area (Å²) >= 11 is 5.46. The van der Waals surface area contributed by atoms with Crippen LogP contribution in [0.1, 0.15) is 36.6 Å². The van der Waals surface area contributed by atoms with Crippen molar-refractivity contribution in [2.24, 2.45) is 0 Å². The second kappa shape index (κ2) is 8.60. The van der Waals surface area contributed by atoms with Crippen molar-refractivity contribution in [3.63, 3.8) is 0 Å². The molecule has 0 saturated heterocycles. The van der Waals surface area contributed by atoms with Crippen LogP contribution in [0.4, 0.5) is 51.1 Å². The Morgan fingerprint density at radius 1 is 1.00 bits per heavy atom. The van der Waals surface area contributed by atoms with E-state index in [0.29, 0.717) is 23.1 Å². The van der Waals surface area contributed by atoms with Gasteiger partial charge in [-0.15, -0.1) is 0 Å². The zero-order chi connectivity index (χ0) is 23.8. The topological polar surface area (TPSA) is 46.9 Å². The molecule has 0 amide bonds. The van der Waals surface area contributed by atoms with Gasteiger partial charge in [0.05, 0.1) is 16.8 Å². The van der Waals surface area contributed by atoms with Crippen molar-refractivity contribution >= 4 is 23.2 Å². The molecule has 0 aliphatic heterocycles. The van der Waals surface area contributed by atoms with E-state index < -0.39 is 57.6 Å². The number of alkyl halides is 9. The summed E-state index contributed by atoms with van der Waals surface area (Å²) in [6, 6.07) is 0.508. The van der Waals surface area contributed by atoms with Gasteiger partial charge in [-0.25, -0.2) is 4.98 Å². The lowest BCUT2D eigenvalue weighted by Crippen LogP contribution is -2.29. The molecule has 2 aromatic rings. The lowest BCUT2D eigenvalue weighted by atomic mass is 10.1. The first kappa shape index (κ1) is 24.8. The Morgan fingerprint density at radius 2 is 1.61 bits per heavy atom. The lowest BCUT2D eigenvalue weighted by molar-refractivity contribution is -0.143. The summed E-state index contributed by atoms with van der Waals surface area (Å²) in [5.41, 5.74) is -7.64. The molecule has 1 aromatic carbocycles. The van der Waals surface area contributed by atoms with Crippen LogP contribution < -0.4 is 10.9 Å². The van der Waals surface area contributed by atoms with Gasteiger partial charge >= 0.3 is 18.5 Å². The van der Waals surface area contributed by atoms with Gasteiger partial charge in [0.15, 0.2) is 5.69 Å². The number of anilines is 2. The predicted molar refractivity (Wildman–Crippen MR) is 93.1 cm³/mol. The van der Waals surface area contributed by atoms with Gasteiger partial charge in [0, 0.05) is 6.54 Å². The van der Waals surface area contributed by atoms with Crippen molar-refractivity contribution in [2.45, 2.75) is 44.8 Å². The number of hydrogen-bond donors (Lipinski definition) is 1. The van der Waals surface area contributed by atoms with Crippen LogP contribution in [-0.4, -0.2) is 9.55 Å². The first-order valence-corrected chi connectivity index (χ1v) is 8.88. The largest absolute Gasteiger partial charge is 0.435 e. The van der Waals surface area contributed by atoms with Crippen molar-refractivity contribution in [2.75, 3.05) is 5.32 Å². The van der Waals surface area contributed by atoms with E-state index in [2.05, 4.69) is 4.98 Å². The molecule has 0 atom stereocenters. The summed E-state index contributed by atoms with van der Waals surface area (Å²) in [6.45, 7) is 1.43. The number of unbranched alkanes of at least 4 members (excludes halogenated alkanes) is 1. The first-order valence-electron chi connectivity index (χ1n) is 8.50. The molecule has 1 aromatic heterocycles. The Kier molecular flexibility index (Phi) is 6.88. The van der Waals surface area contributed by atoms with E-state index in [-0.39, 0.29) is 19.0 Å². The zero-order valence-corrected chi connectivity index (χ0v) is 16.2. The normalized spacial score (nSPS) is 12.9. The fraction of sp³-hybridized carbons (Fsp3) is 0.412. The molecule has 0 fully saturated rings. The molecule has 0 spiro atoms. The van der Waals surface area contributed by atoms with Crippen LogP contribution in [0.5, 0.6) is 0 Å². The molecular formula is C17H13ClF9N3O. The Morgan fingerprint density at radius 3 is 2.10 bits per heavy atom. The zero-order valence-electron chi connectivity index (χ0n) is 15.4. The standard InChI is InChI=1S/C17H13ClF9N3O/c1-2-3-6-30-13(31)11(18)12(17(25,26)27)29-14(30)28-10-5-4-8(15(19,20)21)7-9(10)16(22,23)24/h4-5,7H,2-3,6H2,1H3,(H,28,29). The predicted octanol–water partition coefficient (Wildman–Crippen LogP) is 6.50. The average Bonchev–Trinajstić information content (AvgIpc) is 2.61. The fourth-order valence-corrected chi connectivity index (χ4v) is 2.77. The van der Waals surface area contributed by atoms with E-state index in [1.54, 1.807) is 6.92 Å². The first-order chi connectivity index (χ1) is 14.1. The summed E-state index contributed by atoms with van der Waals surface area (Å²) in [6.07, 6.45) is -14.9. The molecular weight excluding hydrogens is 469 g/mol. The maximum absolute atomic E-state index is 13.3. The number of aromatic nitrogens is 2. The minimum Gasteiger partial charge on any atom is -0.325 e. The Bertz CT molecular complexity index is 1010. The molecule has 0 aliphatic carbocycles. The third-order valence-corrected chi connectivity index (χ3v) is 4.36. The van der Waals surface area contributed by atoms with Crippen molar-refractivity contribution in [1.29, 1.82) is 0 Å². The third kappa shape index (κ3) is 5.63. The summed E-state index contributed by atoms with van der Waals surface area (Å²) in [5.74, 6) is -0.944. The minimum absolute atomic E-state index is 0.197. The van der Waals surface area contributed by atoms with Gasteiger partial charge in [0.2, 0.25) is 5.95 Å². The van der Waals surface area contributed by atoms with Crippen LogP contribution in [0.2, 0.25) is 5.02 Å². The van der Waals surface area contributed by atoms with Crippen LogP contribution in [0.15, 0.2) is 23.0 Å². The highest BCUT2D eigenvalue weighted by molar-refractivity contribution is 6.31. The maximum Gasteiger partial charge on any atom is 0.435 e. The minimum atomic E-state index is -5.29. The van der Waals surface area contributed by atoms with Crippen LogP contribution in [-0.2, 0) is 25.1 Å². The van der Waals surface area contributed by atoms with Gasteiger partial charge in [0.1, 0.15) is 5.02 Å². The highest BCUT2D eigenvalue weighted by Crippen LogP contribution is 2.40. The van der Waals surface area contributed by atoms with Gasteiger partial charge in [-0.2, -0.15) is 39.5 Å². The van der Waals surface area contributed by atoms with Gasteiger partial charge in [-0.05, 0) is 24.6 Å². The molecule has 0 aliphatic rings. The van der Waals surface area contributed by atoms with Crippen LogP contribution in [0, 0.1) is 0 Å². The summed E-state index contributed by atoms with van der Waals surface area (Å²) < 4.78 is 119. The van der Waals surface area contributed by atoms with E-state index in [1.807, 2.05) is 5.32 Å². The summed E-state index contributed by atoms with van der Waals surface area (Å²) in [5, 5.41) is 0.642. The summed E-state index contributed by atoms with van der Waals surface area (Å²) in [4.78, 5) is 15.5. The quantitative estimate of drug-likeness (QED) is 0.496. The maximum atomic E-state index is 13.3. The molecule has 0 unspecified atom stereocenters. The molecule has 31 heavy (non-hydrogen) atoms. The fourth-order valence-electron chi connectivity index (χ4n) is 2.52. The van der Waals surface area contributed by atoms with Crippen LogP contribution >= 0.6 is 11.6 Å². The molecule has 1 heterocycles. The Hall–Kier alpha value is -2.44. The van der Waals surface area contributed by atoms with Gasteiger partial charge in [-0.3, -0.25) is 9.36 Å². The van der Waals surface area contributed by atoms with Gasteiger partial charge in [-0.1, -0.05) is 24.9 Å². The second-order valence-corrected chi connectivity index (χ2v) is 6.66. The molecule has 0 radical (unpaired) electrons. The lowest BCUT2D eigenvalue weighted by Gasteiger charge is -2.20. The highest BCUT2D eigenvalue weighted by atomic mass is 35.5. The molecule has 2 rings (SSSR count). The highest BCUT2D eigenvalue weighted by Gasteiger charge is 2.40. The van der Waals surface area contributed by atoms with Crippen LogP contribution in [0.25, 0.3) is 0 Å². The van der Waals surface area contributed by atoms with E-state index >= 15 is 0 Å². The average molecular weight is 482 g/mol. The Balaban J connectivity index is 2.72. The molecule has 14 heteroatoms. The molecule has 4 nitrogen and oxygen atoms in total. The molecule has 172 valence electrons. The van der Waals surface area contributed by atoms with Crippen molar-refractivity contribution in [3.8, 4) is 0 Å². The van der Waals surface area contributed by atoms with E-state index in [4.69, 9.17) is 11.6 Å². The monoisotopic (exact) mass is 481 g/mol. The molecule has 0 saturated carbocycles. The van der Waals surface area contributed by atoms with Crippen molar-refractivity contribution < 1.29 is 39.5 Å². The van der Waals surface area contributed by atoms with Crippen molar-refractivity contribution in [1.82, 2.24) is 9.55 Å².